The zero-order valence-corrected chi connectivity index (χ0v) is 19.7. The number of hydrogen-bond acceptors (Lipinski definition) is 3. The third kappa shape index (κ3) is 6.24. The fourth-order valence-corrected chi connectivity index (χ4v) is 4.08. The number of aliphatic imine (C=N–C) groups is 1. The molecule has 30 heavy (non-hydrogen) atoms. The number of amides is 1. The highest BCUT2D eigenvalue weighted by Gasteiger charge is 2.37. The van der Waals surface area contributed by atoms with Gasteiger partial charge in [0.05, 0.1) is 6.54 Å². The highest BCUT2D eigenvalue weighted by Crippen LogP contribution is 2.31. The Morgan fingerprint density at radius 1 is 1.30 bits per heavy atom. The van der Waals surface area contributed by atoms with Crippen molar-refractivity contribution in [3.63, 3.8) is 0 Å². The summed E-state index contributed by atoms with van der Waals surface area (Å²) in [6.45, 7) is 3.65. The molecule has 1 saturated heterocycles. The second-order valence-corrected chi connectivity index (χ2v) is 7.77. The highest BCUT2D eigenvalue weighted by molar-refractivity contribution is 14.0. The van der Waals surface area contributed by atoms with E-state index in [0.717, 1.165) is 36.8 Å². The molecule has 0 radical (unpaired) electrons. The van der Waals surface area contributed by atoms with Crippen LogP contribution in [0.2, 0.25) is 0 Å². The maximum atomic E-state index is 13.1. The third-order valence-electron chi connectivity index (χ3n) is 5.47. The number of aryl methyl sites for hydroxylation is 1. The lowest BCUT2D eigenvalue weighted by Crippen LogP contribution is -2.45. The van der Waals surface area contributed by atoms with Crippen LogP contribution in [0, 0.1) is 5.92 Å². The predicted octanol–water partition coefficient (Wildman–Crippen LogP) is 2.90. The van der Waals surface area contributed by atoms with Crippen molar-refractivity contribution >= 4 is 35.8 Å². The highest BCUT2D eigenvalue weighted by atomic mass is 127. The average molecular weight is 542 g/mol. The smallest absolute Gasteiger partial charge is 0.357 e. The van der Waals surface area contributed by atoms with Gasteiger partial charge in [0.15, 0.2) is 11.7 Å². The van der Waals surface area contributed by atoms with Crippen molar-refractivity contribution in [2.75, 3.05) is 19.6 Å². The van der Waals surface area contributed by atoms with Crippen molar-refractivity contribution in [2.24, 2.45) is 18.0 Å². The van der Waals surface area contributed by atoms with E-state index in [0.29, 0.717) is 25.6 Å². The number of aromatic nitrogens is 2. The molecule has 2 heterocycles. The van der Waals surface area contributed by atoms with Crippen molar-refractivity contribution in [2.45, 2.75) is 57.8 Å². The number of carbonyl (C=O) groups excluding carboxylic acids is 1. The SMILES string of the molecule is CCNC(=NCc1cn(C)nc1C(F)(F)F)NC1CCN(C(=O)C2CCCC2)C1.I. The molecule has 2 aliphatic rings. The van der Waals surface area contributed by atoms with Gasteiger partial charge in [-0.25, -0.2) is 4.99 Å². The molecule has 1 amide bonds. The quantitative estimate of drug-likeness (QED) is 0.341. The molecule has 0 spiro atoms. The van der Waals surface area contributed by atoms with Crippen molar-refractivity contribution < 1.29 is 18.0 Å². The summed E-state index contributed by atoms with van der Waals surface area (Å²) in [6, 6.07) is 0.0362. The minimum absolute atomic E-state index is 0. The van der Waals surface area contributed by atoms with Crippen LogP contribution in [0.25, 0.3) is 0 Å². The van der Waals surface area contributed by atoms with E-state index >= 15 is 0 Å². The standard InChI is InChI=1S/C19H29F3N6O.HI/c1-3-23-18(24-10-14-11-27(2)26-16(14)19(20,21)22)25-15-8-9-28(12-15)17(29)13-6-4-5-7-13;/h11,13,15H,3-10,12H2,1-2H3,(H2,23,24,25);1H. The summed E-state index contributed by atoms with van der Waals surface area (Å²) >= 11 is 0. The zero-order valence-electron chi connectivity index (χ0n) is 17.3. The van der Waals surface area contributed by atoms with E-state index in [-0.39, 0.29) is 54.0 Å². The molecule has 1 aromatic heterocycles. The first-order valence-electron chi connectivity index (χ1n) is 10.2. The molecule has 1 atom stereocenters. The van der Waals surface area contributed by atoms with E-state index in [9.17, 15) is 18.0 Å². The monoisotopic (exact) mass is 542 g/mol. The van der Waals surface area contributed by atoms with E-state index in [2.05, 4.69) is 20.7 Å². The fourth-order valence-electron chi connectivity index (χ4n) is 4.08. The van der Waals surface area contributed by atoms with E-state index in [1.807, 2.05) is 11.8 Å². The van der Waals surface area contributed by atoms with Crippen LogP contribution in [0.5, 0.6) is 0 Å². The summed E-state index contributed by atoms with van der Waals surface area (Å²) in [7, 11) is 1.46. The Morgan fingerprint density at radius 2 is 2.00 bits per heavy atom. The Bertz CT molecular complexity index is 745. The Morgan fingerprint density at radius 3 is 2.63 bits per heavy atom. The largest absolute Gasteiger partial charge is 0.435 e. The molecule has 0 bridgehead atoms. The van der Waals surface area contributed by atoms with Crippen molar-refractivity contribution in [3.05, 3.63) is 17.5 Å². The average Bonchev–Trinajstić information content (AvgIpc) is 3.39. The summed E-state index contributed by atoms with van der Waals surface area (Å²) in [4.78, 5) is 18.8. The molecule has 1 aromatic rings. The number of alkyl halides is 3. The Hall–Kier alpha value is -1.53. The maximum Gasteiger partial charge on any atom is 0.435 e. The van der Waals surface area contributed by atoms with Crippen LogP contribution < -0.4 is 10.6 Å². The van der Waals surface area contributed by atoms with Gasteiger partial charge >= 0.3 is 6.18 Å². The van der Waals surface area contributed by atoms with Crippen LogP contribution in [0.3, 0.4) is 0 Å². The number of carbonyl (C=O) groups is 1. The van der Waals surface area contributed by atoms with Gasteiger partial charge in [-0.3, -0.25) is 9.48 Å². The Labute approximate surface area is 191 Å². The molecule has 1 saturated carbocycles. The summed E-state index contributed by atoms with van der Waals surface area (Å²) in [5.41, 5.74) is -0.879. The van der Waals surface area contributed by atoms with Gasteiger partial charge in [0.25, 0.3) is 0 Å². The molecule has 170 valence electrons. The number of likely N-dealkylation sites (tertiary alicyclic amines) is 1. The molecule has 1 unspecified atom stereocenters. The summed E-state index contributed by atoms with van der Waals surface area (Å²) in [6.07, 6.45) is 1.82. The van der Waals surface area contributed by atoms with Gasteiger partial charge in [-0.1, -0.05) is 12.8 Å². The van der Waals surface area contributed by atoms with Gasteiger partial charge in [-0.05, 0) is 26.2 Å². The molecular formula is C19H30F3IN6O. The predicted molar refractivity (Wildman–Crippen MR) is 119 cm³/mol. The molecule has 11 heteroatoms. The van der Waals surface area contributed by atoms with E-state index < -0.39 is 11.9 Å². The van der Waals surface area contributed by atoms with Crippen LogP contribution in [-0.4, -0.2) is 52.2 Å². The first-order valence-corrected chi connectivity index (χ1v) is 10.2. The van der Waals surface area contributed by atoms with Crippen LogP contribution >= 0.6 is 24.0 Å². The molecule has 3 rings (SSSR count). The summed E-state index contributed by atoms with van der Waals surface area (Å²) in [5.74, 6) is 0.839. The number of hydrogen-bond donors (Lipinski definition) is 2. The normalized spacial score (nSPS) is 20.4. The van der Waals surface area contributed by atoms with Gasteiger partial charge in [0.2, 0.25) is 5.91 Å². The van der Waals surface area contributed by atoms with Crippen LogP contribution in [0.15, 0.2) is 11.2 Å². The van der Waals surface area contributed by atoms with Crippen molar-refractivity contribution in [1.82, 2.24) is 25.3 Å². The second kappa shape index (κ2) is 10.7. The minimum Gasteiger partial charge on any atom is -0.357 e. The zero-order chi connectivity index (χ0) is 21.0. The second-order valence-electron chi connectivity index (χ2n) is 7.77. The number of nitrogens with one attached hydrogen (secondary N) is 2. The number of guanidine groups is 1. The van der Waals surface area contributed by atoms with E-state index in [1.54, 1.807) is 0 Å². The van der Waals surface area contributed by atoms with Gasteiger partial charge < -0.3 is 15.5 Å². The lowest BCUT2D eigenvalue weighted by atomic mass is 10.1. The molecule has 1 aliphatic carbocycles. The van der Waals surface area contributed by atoms with Gasteiger partial charge in [-0.15, -0.1) is 24.0 Å². The summed E-state index contributed by atoms with van der Waals surface area (Å²) < 4.78 is 40.5. The van der Waals surface area contributed by atoms with Crippen molar-refractivity contribution in [3.8, 4) is 0 Å². The lowest BCUT2D eigenvalue weighted by molar-refractivity contribution is -0.142. The van der Waals surface area contributed by atoms with E-state index in [4.69, 9.17) is 0 Å². The summed E-state index contributed by atoms with van der Waals surface area (Å²) in [5, 5.41) is 9.85. The Balaban J connectivity index is 0.00000320. The van der Waals surface area contributed by atoms with Crippen LogP contribution in [0.1, 0.15) is 50.3 Å². The van der Waals surface area contributed by atoms with E-state index in [1.165, 1.54) is 13.2 Å². The number of nitrogens with zero attached hydrogens (tertiary/aromatic N) is 4. The van der Waals surface area contributed by atoms with Gasteiger partial charge in [0, 0.05) is 50.4 Å². The molecule has 7 nitrogen and oxygen atoms in total. The van der Waals surface area contributed by atoms with Crippen molar-refractivity contribution in [1.29, 1.82) is 0 Å². The number of rotatable bonds is 5. The molecule has 0 aromatic carbocycles. The Kier molecular flexibility index (Phi) is 8.80. The molecule has 2 fully saturated rings. The third-order valence-corrected chi connectivity index (χ3v) is 5.47. The minimum atomic E-state index is -4.51. The topological polar surface area (TPSA) is 74.6 Å². The molecular weight excluding hydrogens is 512 g/mol. The first kappa shape index (κ1) is 24.7. The van der Waals surface area contributed by atoms with Gasteiger partial charge in [0.1, 0.15) is 0 Å². The lowest BCUT2D eigenvalue weighted by Gasteiger charge is -2.21. The van der Waals surface area contributed by atoms with Gasteiger partial charge in [-0.2, -0.15) is 18.3 Å². The molecule has 1 aliphatic heterocycles. The number of halogens is 4. The first-order chi connectivity index (χ1) is 13.8. The maximum absolute atomic E-state index is 13.1. The molecule has 2 N–H and O–H groups in total. The van der Waals surface area contributed by atoms with Crippen LogP contribution in [-0.2, 0) is 24.6 Å². The van der Waals surface area contributed by atoms with Crippen LogP contribution in [0.4, 0.5) is 13.2 Å². The fraction of sp³-hybridized carbons (Fsp3) is 0.737.